The van der Waals surface area contributed by atoms with Crippen molar-refractivity contribution in [2.45, 2.75) is 18.8 Å². The molecule has 0 spiro atoms. The Morgan fingerprint density at radius 3 is 2.74 bits per heavy atom. The van der Waals surface area contributed by atoms with Gasteiger partial charge in [0.1, 0.15) is 6.61 Å². The summed E-state index contributed by atoms with van der Waals surface area (Å²) < 4.78 is 4.85. The van der Waals surface area contributed by atoms with Gasteiger partial charge in [0.2, 0.25) is 0 Å². The van der Waals surface area contributed by atoms with E-state index >= 15 is 0 Å². The molecule has 1 aromatic carbocycles. The fraction of sp³-hybridized carbons (Fsp3) is 0.400. The summed E-state index contributed by atoms with van der Waals surface area (Å²) in [5.41, 5.74) is 0.757. The largest absolute Gasteiger partial charge is 0.447 e. The second-order valence-electron chi connectivity index (χ2n) is 4.98. The maximum absolute atomic E-state index is 11.3. The van der Waals surface area contributed by atoms with Gasteiger partial charge in [-0.1, -0.05) is 43.3 Å². The molecule has 0 saturated carbocycles. The summed E-state index contributed by atoms with van der Waals surface area (Å²) in [5.74, 6) is 0. The number of hydrogen-bond donors (Lipinski definition) is 1. The zero-order valence-corrected chi connectivity index (χ0v) is 11.1. The van der Waals surface area contributed by atoms with E-state index in [0.29, 0.717) is 19.6 Å². The average molecular weight is 261 g/mol. The van der Waals surface area contributed by atoms with Crippen LogP contribution in [-0.2, 0) is 10.2 Å². The highest BCUT2D eigenvalue weighted by Crippen LogP contribution is 2.27. The van der Waals surface area contributed by atoms with Crippen molar-refractivity contribution in [2.75, 3.05) is 19.8 Å². The van der Waals surface area contributed by atoms with Crippen LogP contribution in [-0.4, -0.2) is 35.9 Å². The first-order valence-corrected chi connectivity index (χ1v) is 6.42. The van der Waals surface area contributed by atoms with Crippen molar-refractivity contribution in [3.05, 3.63) is 48.2 Å². The molecule has 1 atom stereocenters. The SMILES string of the molecule is CC(CO)(C/C=C/N1CCOC1=O)c1ccccc1. The molecule has 4 heteroatoms. The van der Waals surface area contributed by atoms with Gasteiger partial charge in [-0.2, -0.15) is 0 Å². The molecule has 0 radical (unpaired) electrons. The molecule has 1 fully saturated rings. The number of ether oxygens (including phenoxy) is 1. The second-order valence-corrected chi connectivity index (χ2v) is 4.98. The topological polar surface area (TPSA) is 49.8 Å². The molecule has 1 saturated heterocycles. The van der Waals surface area contributed by atoms with Gasteiger partial charge in [-0.25, -0.2) is 4.79 Å². The van der Waals surface area contributed by atoms with Gasteiger partial charge in [0.25, 0.3) is 0 Å². The van der Waals surface area contributed by atoms with Crippen LogP contribution in [0.15, 0.2) is 42.6 Å². The highest BCUT2D eigenvalue weighted by molar-refractivity contribution is 5.70. The van der Waals surface area contributed by atoms with Crippen molar-refractivity contribution in [3.63, 3.8) is 0 Å². The Morgan fingerprint density at radius 1 is 1.42 bits per heavy atom. The van der Waals surface area contributed by atoms with Crippen molar-refractivity contribution in [1.82, 2.24) is 4.90 Å². The average Bonchev–Trinajstić information content (AvgIpc) is 2.85. The number of rotatable bonds is 5. The van der Waals surface area contributed by atoms with Gasteiger partial charge in [0, 0.05) is 11.6 Å². The predicted octanol–water partition coefficient (Wildman–Crippen LogP) is 2.29. The van der Waals surface area contributed by atoms with Crippen LogP contribution >= 0.6 is 0 Å². The quantitative estimate of drug-likeness (QED) is 0.884. The molecule has 1 aromatic rings. The smallest absolute Gasteiger partial charge is 0.413 e. The van der Waals surface area contributed by atoms with E-state index in [1.165, 1.54) is 0 Å². The number of carbonyl (C=O) groups excluding carboxylic acids is 1. The molecular weight excluding hydrogens is 242 g/mol. The summed E-state index contributed by atoms with van der Waals surface area (Å²) in [6, 6.07) is 9.90. The number of allylic oxidation sites excluding steroid dienone is 1. The van der Waals surface area contributed by atoms with Gasteiger partial charge < -0.3 is 9.84 Å². The summed E-state index contributed by atoms with van der Waals surface area (Å²) in [4.78, 5) is 12.8. The third kappa shape index (κ3) is 3.15. The Morgan fingerprint density at radius 2 is 2.16 bits per heavy atom. The Hall–Kier alpha value is -1.81. The number of amides is 1. The number of aliphatic hydroxyl groups is 1. The van der Waals surface area contributed by atoms with E-state index in [4.69, 9.17) is 4.74 Å². The summed E-state index contributed by atoms with van der Waals surface area (Å²) in [6.07, 6.45) is 4.01. The molecule has 1 amide bonds. The molecule has 102 valence electrons. The number of hydrogen-bond acceptors (Lipinski definition) is 3. The van der Waals surface area contributed by atoms with Crippen LogP contribution < -0.4 is 0 Å². The highest BCUT2D eigenvalue weighted by Gasteiger charge is 2.25. The maximum atomic E-state index is 11.3. The summed E-state index contributed by atoms with van der Waals surface area (Å²) >= 11 is 0. The standard InChI is InChI=1S/C15H19NO3/c1-15(12-17,13-6-3-2-4-7-13)8-5-9-16-10-11-19-14(16)18/h2-7,9,17H,8,10-12H2,1H3/b9-5+. The maximum Gasteiger partial charge on any atom is 0.413 e. The Labute approximate surface area is 113 Å². The van der Waals surface area contributed by atoms with Crippen LogP contribution in [0.25, 0.3) is 0 Å². The number of nitrogens with zero attached hydrogens (tertiary/aromatic N) is 1. The lowest BCUT2D eigenvalue weighted by Gasteiger charge is -2.26. The van der Waals surface area contributed by atoms with Crippen LogP contribution in [0.5, 0.6) is 0 Å². The van der Waals surface area contributed by atoms with E-state index in [9.17, 15) is 9.90 Å². The zero-order valence-electron chi connectivity index (χ0n) is 11.1. The van der Waals surface area contributed by atoms with E-state index in [2.05, 4.69) is 0 Å². The fourth-order valence-corrected chi connectivity index (χ4v) is 2.10. The highest BCUT2D eigenvalue weighted by atomic mass is 16.6. The lowest BCUT2D eigenvalue weighted by Crippen LogP contribution is -2.26. The number of cyclic esters (lactones) is 1. The first-order chi connectivity index (χ1) is 9.15. The summed E-state index contributed by atoms with van der Waals surface area (Å²) in [5, 5.41) is 9.64. The number of benzene rings is 1. The van der Waals surface area contributed by atoms with Crippen molar-refractivity contribution >= 4 is 6.09 Å². The molecule has 0 aromatic heterocycles. The van der Waals surface area contributed by atoms with Crippen molar-refractivity contribution in [2.24, 2.45) is 0 Å². The Balaban J connectivity index is 2.03. The van der Waals surface area contributed by atoms with Crippen molar-refractivity contribution in [3.8, 4) is 0 Å². The van der Waals surface area contributed by atoms with Crippen LogP contribution in [0, 0.1) is 0 Å². The molecule has 0 bridgehead atoms. The van der Waals surface area contributed by atoms with Crippen LogP contribution in [0.2, 0.25) is 0 Å². The Bertz CT molecular complexity index is 458. The van der Waals surface area contributed by atoms with E-state index in [1.54, 1.807) is 11.1 Å². The third-order valence-corrected chi connectivity index (χ3v) is 3.47. The van der Waals surface area contributed by atoms with E-state index in [1.807, 2.05) is 43.3 Å². The second kappa shape index (κ2) is 5.89. The molecule has 2 rings (SSSR count). The molecule has 1 N–H and O–H groups in total. The zero-order chi connectivity index (χ0) is 13.7. The molecule has 1 aliphatic heterocycles. The van der Waals surface area contributed by atoms with Gasteiger partial charge in [-0.3, -0.25) is 4.90 Å². The first kappa shape index (κ1) is 13.6. The molecule has 4 nitrogen and oxygen atoms in total. The monoisotopic (exact) mass is 261 g/mol. The van der Waals surface area contributed by atoms with Crippen molar-refractivity contribution in [1.29, 1.82) is 0 Å². The molecule has 1 aliphatic rings. The minimum Gasteiger partial charge on any atom is -0.447 e. The minimum atomic E-state index is -0.332. The Kier molecular flexibility index (Phi) is 4.22. The van der Waals surface area contributed by atoms with Gasteiger partial charge >= 0.3 is 6.09 Å². The summed E-state index contributed by atoms with van der Waals surface area (Å²) in [7, 11) is 0. The van der Waals surface area contributed by atoms with Crippen LogP contribution in [0.3, 0.4) is 0 Å². The lowest BCUT2D eigenvalue weighted by atomic mass is 9.80. The van der Waals surface area contributed by atoms with Gasteiger partial charge in [-0.15, -0.1) is 0 Å². The van der Waals surface area contributed by atoms with E-state index in [-0.39, 0.29) is 18.1 Å². The van der Waals surface area contributed by atoms with Gasteiger partial charge in [-0.05, 0) is 12.0 Å². The fourth-order valence-electron chi connectivity index (χ4n) is 2.10. The first-order valence-electron chi connectivity index (χ1n) is 6.42. The van der Waals surface area contributed by atoms with Crippen LogP contribution in [0.1, 0.15) is 18.9 Å². The van der Waals surface area contributed by atoms with Crippen molar-refractivity contribution < 1.29 is 14.6 Å². The van der Waals surface area contributed by atoms with Gasteiger partial charge in [0.15, 0.2) is 0 Å². The molecule has 1 unspecified atom stereocenters. The summed E-state index contributed by atoms with van der Waals surface area (Å²) in [6.45, 7) is 3.11. The predicted molar refractivity (Wildman–Crippen MR) is 72.7 cm³/mol. The molecule has 0 aliphatic carbocycles. The van der Waals surface area contributed by atoms with Crippen LogP contribution in [0.4, 0.5) is 4.79 Å². The lowest BCUT2D eigenvalue weighted by molar-refractivity contribution is 0.166. The molecule has 19 heavy (non-hydrogen) atoms. The molecule has 1 heterocycles. The number of carbonyl (C=O) groups is 1. The van der Waals surface area contributed by atoms with Gasteiger partial charge in [0.05, 0.1) is 13.2 Å². The number of aliphatic hydroxyl groups excluding tert-OH is 1. The molecular formula is C15H19NO3. The van der Waals surface area contributed by atoms with E-state index < -0.39 is 0 Å². The minimum absolute atomic E-state index is 0.0613. The normalized spacial score (nSPS) is 18.6. The third-order valence-electron chi connectivity index (χ3n) is 3.47. The van der Waals surface area contributed by atoms with E-state index in [0.717, 1.165) is 5.56 Å².